The lowest BCUT2D eigenvalue weighted by Gasteiger charge is -2.32. The number of rotatable bonds is 3. The summed E-state index contributed by atoms with van der Waals surface area (Å²) in [7, 11) is 1.34. The fourth-order valence-electron chi connectivity index (χ4n) is 3.25. The number of carbonyl (C=O) groups excluding carboxylic acids is 2. The van der Waals surface area contributed by atoms with Crippen LogP contribution in [0.3, 0.4) is 0 Å². The van der Waals surface area contributed by atoms with E-state index in [4.69, 9.17) is 11.2 Å². The molecular formula is C14H20N2O3. The van der Waals surface area contributed by atoms with Gasteiger partial charge < -0.3 is 9.64 Å². The van der Waals surface area contributed by atoms with Gasteiger partial charge in [-0.2, -0.15) is 0 Å². The minimum absolute atomic E-state index is 0.0261. The van der Waals surface area contributed by atoms with Gasteiger partial charge in [-0.3, -0.25) is 9.69 Å². The molecule has 0 unspecified atom stereocenters. The summed E-state index contributed by atoms with van der Waals surface area (Å²) in [5.74, 6) is 2.28. The second kappa shape index (κ2) is 5.22. The van der Waals surface area contributed by atoms with Crippen molar-refractivity contribution in [3.63, 3.8) is 0 Å². The molecule has 19 heavy (non-hydrogen) atoms. The molecule has 1 spiro atoms. The first-order chi connectivity index (χ1) is 9.06. The van der Waals surface area contributed by atoms with Gasteiger partial charge in [0.15, 0.2) is 0 Å². The highest BCUT2D eigenvalue weighted by atomic mass is 16.5. The molecule has 0 N–H and O–H groups in total. The summed E-state index contributed by atoms with van der Waals surface area (Å²) >= 11 is 0. The van der Waals surface area contributed by atoms with Gasteiger partial charge in [-0.05, 0) is 26.2 Å². The Balaban J connectivity index is 2.17. The van der Waals surface area contributed by atoms with E-state index in [9.17, 15) is 9.59 Å². The van der Waals surface area contributed by atoms with Crippen LogP contribution in [0.5, 0.6) is 0 Å². The Morgan fingerprint density at radius 2 is 2.26 bits per heavy atom. The van der Waals surface area contributed by atoms with Crippen molar-refractivity contribution < 1.29 is 14.3 Å². The van der Waals surface area contributed by atoms with Crippen LogP contribution < -0.4 is 0 Å². The molecule has 5 nitrogen and oxygen atoms in total. The molecule has 104 valence electrons. The Morgan fingerprint density at radius 3 is 2.89 bits per heavy atom. The highest BCUT2D eigenvalue weighted by molar-refractivity contribution is 5.92. The van der Waals surface area contributed by atoms with Crippen LogP contribution in [0.2, 0.25) is 0 Å². The first kappa shape index (κ1) is 13.9. The van der Waals surface area contributed by atoms with E-state index < -0.39 is 11.6 Å². The molecule has 2 saturated heterocycles. The smallest absolute Gasteiger partial charge is 0.328 e. The quantitative estimate of drug-likeness (QED) is 0.541. The fraction of sp³-hybridized carbons (Fsp3) is 0.714. The van der Waals surface area contributed by atoms with Gasteiger partial charge in [-0.15, -0.1) is 6.42 Å². The number of carbonyl (C=O) groups is 2. The van der Waals surface area contributed by atoms with Crippen molar-refractivity contribution >= 4 is 11.9 Å². The summed E-state index contributed by atoms with van der Waals surface area (Å²) in [4.78, 5) is 28.0. The molecule has 0 aromatic carbocycles. The second-order valence-electron chi connectivity index (χ2n) is 5.21. The Kier molecular flexibility index (Phi) is 3.81. The lowest BCUT2D eigenvalue weighted by Crippen LogP contribution is -2.52. The van der Waals surface area contributed by atoms with Gasteiger partial charge >= 0.3 is 5.97 Å². The molecule has 2 aliphatic heterocycles. The number of terminal acetylenes is 1. The Hall–Kier alpha value is -1.54. The maximum absolute atomic E-state index is 12.7. The standard InChI is InChI=1S/C14H20N2O3/c1-4-8-15-9-5-6-14(15)7-10-16(13(14)18)11(2)12(17)19-3/h1,11H,5-10H2,2-3H3/t11-,14-/m0/s1. The van der Waals surface area contributed by atoms with E-state index in [-0.39, 0.29) is 11.9 Å². The van der Waals surface area contributed by atoms with E-state index in [1.165, 1.54) is 7.11 Å². The number of esters is 1. The van der Waals surface area contributed by atoms with Crippen molar-refractivity contribution in [2.75, 3.05) is 26.7 Å². The number of ether oxygens (including phenoxy) is 1. The number of nitrogens with zero attached hydrogens (tertiary/aromatic N) is 2. The van der Waals surface area contributed by atoms with Gasteiger partial charge in [0, 0.05) is 13.1 Å². The normalized spacial score (nSPS) is 28.7. The van der Waals surface area contributed by atoms with Crippen molar-refractivity contribution in [2.24, 2.45) is 0 Å². The number of hydrogen-bond donors (Lipinski definition) is 0. The number of amides is 1. The summed E-state index contributed by atoms with van der Waals surface area (Å²) in [5, 5.41) is 0. The SMILES string of the molecule is C#CCN1CCC[C@@]12CCN([C@@H](C)C(=O)OC)C2=O. The average molecular weight is 264 g/mol. The van der Waals surface area contributed by atoms with E-state index >= 15 is 0 Å². The molecular weight excluding hydrogens is 244 g/mol. The molecule has 1 amide bonds. The predicted molar refractivity (Wildman–Crippen MR) is 70.2 cm³/mol. The lowest BCUT2D eigenvalue weighted by atomic mass is 9.94. The molecule has 2 atom stereocenters. The first-order valence-electron chi connectivity index (χ1n) is 6.64. The van der Waals surface area contributed by atoms with Crippen molar-refractivity contribution in [1.29, 1.82) is 0 Å². The summed E-state index contributed by atoms with van der Waals surface area (Å²) in [6.07, 6.45) is 7.93. The maximum atomic E-state index is 12.7. The predicted octanol–water partition coefficient (Wildman–Crippen LogP) is 0.248. The number of hydrogen-bond acceptors (Lipinski definition) is 4. The second-order valence-corrected chi connectivity index (χ2v) is 5.21. The molecule has 5 heteroatoms. The zero-order valence-corrected chi connectivity index (χ0v) is 11.5. The van der Waals surface area contributed by atoms with Crippen molar-refractivity contribution in [3.8, 4) is 12.3 Å². The number of likely N-dealkylation sites (tertiary alicyclic amines) is 2. The molecule has 0 aromatic rings. The Morgan fingerprint density at radius 1 is 1.53 bits per heavy atom. The monoisotopic (exact) mass is 264 g/mol. The highest BCUT2D eigenvalue weighted by Gasteiger charge is 2.54. The molecule has 2 rings (SSSR count). The van der Waals surface area contributed by atoms with Gasteiger partial charge in [-0.25, -0.2) is 4.79 Å². The summed E-state index contributed by atoms with van der Waals surface area (Å²) in [5.41, 5.74) is -0.478. The Bertz CT molecular complexity index is 429. The molecule has 0 aromatic heterocycles. The van der Waals surface area contributed by atoms with Crippen LogP contribution in [-0.4, -0.2) is 60.0 Å². The first-order valence-corrected chi connectivity index (χ1v) is 6.64. The summed E-state index contributed by atoms with van der Waals surface area (Å²) < 4.78 is 4.72. The van der Waals surface area contributed by atoms with Gasteiger partial charge in [-0.1, -0.05) is 5.92 Å². The minimum atomic E-state index is -0.523. The third-order valence-electron chi connectivity index (χ3n) is 4.34. The van der Waals surface area contributed by atoms with E-state index in [1.54, 1.807) is 11.8 Å². The number of methoxy groups -OCH3 is 1. The van der Waals surface area contributed by atoms with Crippen molar-refractivity contribution in [3.05, 3.63) is 0 Å². The maximum Gasteiger partial charge on any atom is 0.328 e. The van der Waals surface area contributed by atoms with Crippen LogP contribution in [0.25, 0.3) is 0 Å². The van der Waals surface area contributed by atoms with E-state index in [0.29, 0.717) is 13.1 Å². The van der Waals surface area contributed by atoms with Crippen LogP contribution in [-0.2, 0) is 14.3 Å². The summed E-state index contributed by atoms with van der Waals surface area (Å²) in [6.45, 7) is 3.65. The molecule has 2 heterocycles. The third-order valence-corrected chi connectivity index (χ3v) is 4.34. The average Bonchev–Trinajstić information content (AvgIpc) is 2.96. The zero-order chi connectivity index (χ0) is 14.0. The fourth-order valence-corrected chi connectivity index (χ4v) is 3.25. The Labute approximate surface area is 113 Å². The molecule has 0 saturated carbocycles. The third kappa shape index (κ3) is 2.10. The molecule has 0 aliphatic carbocycles. The van der Waals surface area contributed by atoms with Gasteiger partial charge in [0.1, 0.15) is 11.6 Å². The highest BCUT2D eigenvalue weighted by Crippen LogP contribution is 2.39. The van der Waals surface area contributed by atoms with Crippen molar-refractivity contribution in [2.45, 2.75) is 37.8 Å². The molecule has 2 fully saturated rings. The van der Waals surface area contributed by atoms with Crippen molar-refractivity contribution in [1.82, 2.24) is 9.80 Å². The van der Waals surface area contributed by atoms with Crippen LogP contribution >= 0.6 is 0 Å². The van der Waals surface area contributed by atoms with Crippen LogP contribution in [0.15, 0.2) is 0 Å². The van der Waals surface area contributed by atoms with E-state index in [2.05, 4.69) is 10.8 Å². The van der Waals surface area contributed by atoms with Gasteiger partial charge in [0.05, 0.1) is 13.7 Å². The van der Waals surface area contributed by atoms with Crippen LogP contribution in [0, 0.1) is 12.3 Å². The van der Waals surface area contributed by atoms with E-state index in [1.807, 2.05) is 0 Å². The van der Waals surface area contributed by atoms with Gasteiger partial charge in [0.2, 0.25) is 5.91 Å². The topological polar surface area (TPSA) is 49.9 Å². The molecule has 0 bridgehead atoms. The van der Waals surface area contributed by atoms with Gasteiger partial charge in [0.25, 0.3) is 0 Å². The lowest BCUT2D eigenvalue weighted by molar-refractivity contribution is -0.152. The zero-order valence-electron chi connectivity index (χ0n) is 11.5. The van der Waals surface area contributed by atoms with Crippen LogP contribution in [0.1, 0.15) is 26.2 Å². The minimum Gasteiger partial charge on any atom is -0.467 e. The summed E-state index contributed by atoms with van der Waals surface area (Å²) in [6, 6.07) is -0.523. The van der Waals surface area contributed by atoms with E-state index in [0.717, 1.165) is 25.8 Å². The molecule has 2 aliphatic rings. The van der Waals surface area contributed by atoms with Crippen LogP contribution in [0.4, 0.5) is 0 Å². The molecule has 0 radical (unpaired) electrons. The largest absolute Gasteiger partial charge is 0.467 e.